The molecule has 0 fully saturated rings. The normalized spacial score (nSPS) is 12.8. The summed E-state index contributed by atoms with van der Waals surface area (Å²) in [4.78, 5) is 39.7. The van der Waals surface area contributed by atoms with Crippen LogP contribution in [0.1, 0.15) is 102 Å². The zero-order valence-corrected chi connectivity index (χ0v) is 21.9. The second-order valence-electron chi connectivity index (χ2n) is 9.10. The van der Waals surface area contributed by atoms with Crippen molar-refractivity contribution in [3.8, 4) is 0 Å². The van der Waals surface area contributed by atoms with Crippen LogP contribution in [-0.4, -0.2) is 33.2 Å². The van der Waals surface area contributed by atoms with E-state index in [4.69, 9.17) is 19.2 Å². The Balaban J connectivity index is 2.11. The molecule has 7 heteroatoms. The van der Waals surface area contributed by atoms with Gasteiger partial charge in [-0.2, -0.15) is 19.2 Å². The molecule has 1 atom stereocenters. The third-order valence-electron chi connectivity index (χ3n) is 5.80. The number of unbranched alkanes of at least 4 members (excludes halogenated alkanes) is 11. The van der Waals surface area contributed by atoms with Gasteiger partial charge in [0.25, 0.3) is 0 Å². The highest BCUT2D eigenvalue weighted by Crippen LogP contribution is 2.45. The van der Waals surface area contributed by atoms with Crippen LogP contribution in [0.2, 0.25) is 0 Å². The van der Waals surface area contributed by atoms with E-state index in [9.17, 15) is 4.79 Å². The number of benzene rings is 1. The molecule has 1 aromatic carbocycles. The molecule has 0 aliphatic heterocycles. The zero-order valence-electron chi connectivity index (χ0n) is 21.0. The molecular formula is C27H47NO5P+. The predicted octanol–water partition coefficient (Wildman–Crippen LogP) is 6.42. The summed E-state index contributed by atoms with van der Waals surface area (Å²) >= 11 is 0. The average Bonchev–Trinajstić information content (AvgIpc) is 2.80. The molecule has 34 heavy (non-hydrogen) atoms. The van der Waals surface area contributed by atoms with Crippen LogP contribution in [-0.2, 0) is 15.7 Å². The molecule has 1 aromatic rings. The standard InChI is InChI=1S/C27H46NO5P/c1-2-3-4-5-6-7-8-9-10-11-12-13-14-15-19-22-27(29)28-26(24-33-34(30,31)32)23-25-20-17-16-18-21-25/h9-10,16-18,20-21,26,30-32H,2-8,11-15,19,22-24H2,1H3/p+1/b10-9-/t26-/m0/s1. The van der Waals surface area contributed by atoms with Crippen LogP contribution in [0.3, 0.4) is 0 Å². The molecule has 6 nitrogen and oxygen atoms in total. The number of rotatable bonds is 21. The highest BCUT2D eigenvalue weighted by atomic mass is 31.2. The van der Waals surface area contributed by atoms with Gasteiger partial charge in [-0.1, -0.05) is 101 Å². The minimum atomic E-state index is -4.33. The molecule has 0 radical (unpaired) electrons. The van der Waals surface area contributed by atoms with Gasteiger partial charge in [-0.05, 0) is 44.1 Å². The van der Waals surface area contributed by atoms with Gasteiger partial charge in [0.2, 0.25) is 5.91 Å². The Morgan fingerprint density at radius 2 is 1.44 bits per heavy atom. The number of carbonyl (C=O) groups is 1. The van der Waals surface area contributed by atoms with Gasteiger partial charge in [-0.15, -0.1) is 0 Å². The Labute approximate surface area is 207 Å². The molecule has 0 aliphatic rings. The number of nitrogens with one attached hydrogen (secondary N) is 1. The van der Waals surface area contributed by atoms with Gasteiger partial charge < -0.3 is 5.32 Å². The second-order valence-corrected chi connectivity index (χ2v) is 10.4. The first-order valence-corrected chi connectivity index (χ1v) is 14.7. The Hall–Kier alpha value is -1.30. The first kappa shape index (κ1) is 30.7. The maximum atomic E-state index is 12.3. The summed E-state index contributed by atoms with van der Waals surface area (Å²) in [5.74, 6) is -0.0834. The fraction of sp³-hybridized carbons (Fsp3) is 0.667. The number of amides is 1. The van der Waals surface area contributed by atoms with Gasteiger partial charge in [0.15, 0.2) is 0 Å². The lowest BCUT2D eigenvalue weighted by Gasteiger charge is -2.18. The molecule has 0 heterocycles. The molecule has 1 rings (SSSR count). The first-order valence-electron chi connectivity index (χ1n) is 13.1. The van der Waals surface area contributed by atoms with Crippen LogP contribution in [0.15, 0.2) is 42.5 Å². The number of carbonyl (C=O) groups excluding carboxylic acids is 1. The largest absolute Gasteiger partial charge is 0.567 e. The monoisotopic (exact) mass is 496 g/mol. The summed E-state index contributed by atoms with van der Waals surface area (Å²) < 4.78 is 4.75. The number of hydrogen-bond acceptors (Lipinski definition) is 5. The maximum Gasteiger partial charge on any atom is 0.567 e. The Bertz CT molecular complexity index is 648. The van der Waals surface area contributed by atoms with E-state index < -0.39 is 14.2 Å². The summed E-state index contributed by atoms with van der Waals surface area (Å²) in [6.45, 7) is 2.09. The van der Waals surface area contributed by atoms with Crippen molar-refractivity contribution in [2.45, 2.75) is 109 Å². The van der Waals surface area contributed by atoms with Crippen molar-refractivity contribution < 1.29 is 24.0 Å². The van der Waals surface area contributed by atoms with E-state index >= 15 is 0 Å². The highest BCUT2D eigenvalue weighted by molar-refractivity contribution is 7.53. The van der Waals surface area contributed by atoms with Gasteiger partial charge in [0.1, 0.15) is 6.61 Å². The maximum absolute atomic E-state index is 12.3. The lowest BCUT2D eigenvalue weighted by molar-refractivity contribution is -0.122. The van der Waals surface area contributed by atoms with Crippen LogP contribution in [0.25, 0.3) is 0 Å². The molecule has 0 saturated heterocycles. The van der Waals surface area contributed by atoms with Gasteiger partial charge in [-0.25, -0.2) is 0 Å². The molecule has 0 aliphatic carbocycles. The Kier molecular flexibility index (Phi) is 18.0. The number of hydrogen-bond donors (Lipinski definition) is 4. The molecule has 0 aromatic heterocycles. The lowest BCUT2D eigenvalue weighted by atomic mass is 10.1. The van der Waals surface area contributed by atoms with E-state index in [2.05, 4.69) is 24.4 Å². The first-order chi connectivity index (χ1) is 16.4. The number of allylic oxidation sites excluding steroid dienone is 2. The zero-order chi connectivity index (χ0) is 24.9. The summed E-state index contributed by atoms with van der Waals surface area (Å²) in [7, 11) is -4.33. The molecule has 4 N–H and O–H groups in total. The summed E-state index contributed by atoms with van der Waals surface area (Å²) in [6, 6.07) is 9.14. The SMILES string of the molecule is CCCCCCCC/C=C\CCCCCCCC(=O)N[C@H](CO[P+](O)(O)O)Cc1ccccc1. The van der Waals surface area contributed by atoms with Crippen molar-refractivity contribution in [1.82, 2.24) is 5.32 Å². The Morgan fingerprint density at radius 3 is 2.03 bits per heavy atom. The summed E-state index contributed by atoms with van der Waals surface area (Å²) in [5, 5.41) is 2.90. The average molecular weight is 497 g/mol. The third-order valence-corrected chi connectivity index (χ3v) is 6.30. The molecule has 0 saturated carbocycles. The van der Waals surface area contributed by atoms with Crippen LogP contribution in [0, 0.1) is 0 Å². The van der Waals surface area contributed by atoms with Gasteiger partial charge in [-0.3, -0.25) is 4.79 Å². The molecule has 0 spiro atoms. The molecular weight excluding hydrogens is 449 g/mol. The van der Waals surface area contributed by atoms with Crippen molar-refractivity contribution >= 4 is 14.1 Å². The minimum absolute atomic E-state index is 0.0834. The van der Waals surface area contributed by atoms with E-state index in [1.165, 1.54) is 57.8 Å². The van der Waals surface area contributed by atoms with E-state index in [1.54, 1.807) is 0 Å². The van der Waals surface area contributed by atoms with Crippen LogP contribution in [0.5, 0.6) is 0 Å². The van der Waals surface area contributed by atoms with Crippen molar-refractivity contribution in [1.29, 1.82) is 0 Å². The van der Waals surface area contributed by atoms with Gasteiger partial charge >= 0.3 is 8.17 Å². The van der Waals surface area contributed by atoms with Gasteiger partial charge in [0, 0.05) is 6.42 Å². The van der Waals surface area contributed by atoms with Crippen LogP contribution in [0.4, 0.5) is 0 Å². The van der Waals surface area contributed by atoms with Crippen molar-refractivity contribution in [2.24, 2.45) is 0 Å². The summed E-state index contributed by atoms with van der Waals surface area (Å²) in [6.07, 6.45) is 21.3. The van der Waals surface area contributed by atoms with Crippen molar-refractivity contribution in [3.63, 3.8) is 0 Å². The van der Waals surface area contributed by atoms with Crippen molar-refractivity contribution in [2.75, 3.05) is 6.61 Å². The lowest BCUT2D eigenvalue weighted by Crippen LogP contribution is -2.39. The van der Waals surface area contributed by atoms with E-state index in [-0.39, 0.29) is 12.5 Å². The second kappa shape index (κ2) is 19.9. The topological polar surface area (TPSA) is 99.0 Å². The van der Waals surface area contributed by atoms with Crippen LogP contribution < -0.4 is 5.32 Å². The third kappa shape index (κ3) is 19.1. The minimum Gasteiger partial charge on any atom is -0.351 e. The van der Waals surface area contributed by atoms with E-state index in [0.29, 0.717) is 12.8 Å². The quantitative estimate of drug-likeness (QED) is 0.0894. The fourth-order valence-corrected chi connectivity index (χ4v) is 4.28. The van der Waals surface area contributed by atoms with Crippen molar-refractivity contribution in [3.05, 3.63) is 48.0 Å². The summed E-state index contributed by atoms with van der Waals surface area (Å²) in [5.41, 5.74) is 0.996. The van der Waals surface area contributed by atoms with E-state index in [0.717, 1.165) is 31.2 Å². The van der Waals surface area contributed by atoms with Gasteiger partial charge in [0.05, 0.1) is 6.04 Å². The van der Waals surface area contributed by atoms with Crippen LogP contribution >= 0.6 is 8.17 Å². The smallest absolute Gasteiger partial charge is 0.351 e. The predicted molar refractivity (Wildman–Crippen MR) is 141 cm³/mol. The molecule has 1 amide bonds. The molecule has 0 bridgehead atoms. The fourth-order valence-electron chi connectivity index (χ4n) is 3.90. The molecule has 194 valence electrons. The molecule has 0 unspecified atom stereocenters. The van der Waals surface area contributed by atoms with E-state index in [1.807, 2.05) is 30.3 Å². The highest BCUT2D eigenvalue weighted by Gasteiger charge is 2.34. The Morgan fingerprint density at radius 1 is 0.882 bits per heavy atom.